The van der Waals surface area contributed by atoms with Crippen molar-refractivity contribution in [3.63, 3.8) is 0 Å². The van der Waals surface area contributed by atoms with Gasteiger partial charge in [-0.3, -0.25) is 0 Å². The zero-order chi connectivity index (χ0) is 13.9. The molecular weight excluding hydrogens is 236 g/mol. The summed E-state index contributed by atoms with van der Waals surface area (Å²) in [5.41, 5.74) is -0.289. The number of benzene rings is 1. The molecule has 1 aromatic rings. The second kappa shape index (κ2) is 5.18. The molecule has 98 valence electrons. The molecule has 0 spiro atoms. The molecule has 5 heteroatoms. The minimum Gasteiger partial charge on any atom is -0.478 e. The van der Waals surface area contributed by atoms with Crippen LogP contribution in [0.5, 0.6) is 0 Å². The van der Waals surface area contributed by atoms with E-state index in [-0.39, 0.29) is 11.1 Å². The summed E-state index contributed by atoms with van der Waals surface area (Å²) in [5.74, 6) is -1.75. The zero-order valence-corrected chi connectivity index (χ0v) is 10.5. The molecule has 0 aliphatic rings. The summed E-state index contributed by atoms with van der Waals surface area (Å²) >= 11 is 0. The molecule has 0 saturated carbocycles. The molecule has 2 N–H and O–H groups in total. The molecule has 0 radical (unpaired) electrons. The lowest BCUT2D eigenvalue weighted by Gasteiger charge is -2.25. The van der Waals surface area contributed by atoms with E-state index in [4.69, 9.17) is 9.84 Å². The number of ether oxygens (including phenoxy) is 1. The predicted molar refractivity (Wildman–Crippen MR) is 64.3 cm³/mol. The van der Waals surface area contributed by atoms with Crippen molar-refractivity contribution in [1.82, 2.24) is 0 Å². The van der Waals surface area contributed by atoms with E-state index in [2.05, 4.69) is 0 Å². The van der Waals surface area contributed by atoms with E-state index in [0.29, 0.717) is 0 Å². The molecule has 1 aromatic carbocycles. The summed E-state index contributed by atoms with van der Waals surface area (Å²) in [6.07, 6.45) is -1.22. The SMILES string of the molecule is CC(C)(C)C(O)OC(=O)c1ccc(C(=O)O)cc1. The lowest BCUT2D eigenvalue weighted by atomic mass is 9.96. The van der Waals surface area contributed by atoms with Gasteiger partial charge in [-0.25, -0.2) is 9.59 Å². The Morgan fingerprint density at radius 2 is 1.56 bits per heavy atom. The molecule has 0 aliphatic heterocycles. The topological polar surface area (TPSA) is 83.8 Å². The van der Waals surface area contributed by atoms with Crippen LogP contribution in [-0.4, -0.2) is 28.4 Å². The van der Waals surface area contributed by atoms with Crippen molar-refractivity contribution in [2.24, 2.45) is 5.41 Å². The zero-order valence-electron chi connectivity index (χ0n) is 10.5. The lowest BCUT2D eigenvalue weighted by Crippen LogP contribution is -2.31. The van der Waals surface area contributed by atoms with E-state index in [1.165, 1.54) is 24.3 Å². The summed E-state index contributed by atoms with van der Waals surface area (Å²) in [5, 5.41) is 18.3. The summed E-state index contributed by atoms with van der Waals surface area (Å²) in [7, 11) is 0. The van der Waals surface area contributed by atoms with Gasteiger partial charge in [-0.05, 0) is 24.3 Å². The van der Waals surface area contributed by atoms with Crippen LogP contribution in [0, 0.1) is 5.41 Å². The first-order valence-electron chi connectivity index (χ1n) is 5.44. The average molecular weight is 252 g/mol. The molecule has 5 nitrogen and oxygen atoms in total. The molecule has 1 atom stereocenters. The van der Waals surface area contributed by atoms with Crippen LogP contribution in [0.3, 0.4) is 0 Å². The Morgan fingerprint density at radius 3 is 1.94 bits per heavy atom. The first-order chi connectivity index (χ1) is 8.21. The Hall–Kier alpha value is -1.88. The third-order valence-corrected chi connectivity index (χ3v) is 2.33. The Kier molecular flexibility index (Phi) is 4.08. The van der Waals surface area contributed by atoms with Crippen molar-refractivity contribution >= 4 is 11.9 Å². The first-order valence-corrected chi connectivity index (χ1v) is 5.44. The second-order valence-corrected chi connectivity index (χ2v) is 5.01. The first kappa shape index (κ1) is 14.2. The van der Waals surface area contributed by atoms with Gasteiger partial charge in [0.05, 0.1) is 11.1 Å². The molecule has 0 saturated heterocycles. The summed E-state index contributed by atoms with van der Waals surface area (Å²) < 4.78 is 4.87. The van der Waals surface area contributed by atoms with E-state index in [9.17, 15) is 14.7 Å². The predicted octanol–water partition coefficient (Wildman–Crippen LogP) is 1.91. The number of carbonyl (C=O) groups excluding carboxylic acids is 1. The molecule has 0 bridgehead atoms. The smallest absolute Gasteiger partial charge is 0.340 e. The molecule has 0 aromatic heterocycles. The highest BCUT2D eigenvalue weighted by molar-refractivity contribution is 5.92. The van der Waals surface area contributed by atoms with Crippen molar-refractivity contribution in [1.29, 1.82) is 0 Å². The standard InChI is InChI=1S/C13H16O5/c1-13(2,3)12(17)18-11(16)9-6-4-8(5-7-9)10(14)15/h4-7,12,17H,1-3H3,(H,14,15). The van der Waals surface area contributed by atoms with E-state index in [1.807, 2.05) is 0 Å². The molecule has 1 rings (SSSR count). The lowest BCUT2D eigenvalue weighted by molar-refractivity contribution is -0.123. The number of esters is 1. The number of aliphatic hydroxyl groups excluding tert-OH is 1. The number of aromatic carboxylic acids is 1. The van der Waals surface area contributed by atoms with Crippen molar-refractivity contribution in [2.45, 2.75) is 27.1 Å². The highest BCUT2D eigenvalue weighted by Crippen LogP contribution is 2.21. The average Bonchev–Trinajstić information content (AvgIpc) is 2.27. The second-order valence-electron chi connectivity index (χ2n) is 5.01. The van der Waals surface area contributed by atoms with Gasteiger partial charge in [0, 0.05) is 5.41 Å². The molecule has 18 heavy (non-hydrogen) atoms. The van der Waals surface area contributed by atoms with Crippen LogP contribution >= 0.6 is 0 Å². The fraction of sp³-hybridized carbons (Fsp3) is 0.385. The van der Waals surface area contributed by atoms with Gasteiger partial charge in [0.1, 0.15) is 0 Å². The normalized spacial score (nSPS) is 12.9. The fourth-order valence-electron chi connectivity index (χ4n) is 1.10. The Bertz CT molecular complexity index is 441. The molecule has 0 heterocycles. The Morgan fingerprint density at radius 1 is 1.11 bits per heavy atom. The van der Waals surface area contributed by atoms with Gasteiger partial charge in [0.25, 0.3) is 0 Å². The van der Waals surface area contributed by atoms with Crippen molar-refractivity contribution in [3.8, 4) is 0 Å². The Labute approximate surface area is 105 Å². The maximum Gasteiger partial charge on any atom is 0.340 e. The summed E-state index contributed by atoms with van der Waals surface area (Å²) in [6, 6.07) is 5.31. The highest BCUT2D eigenvalue weighted by atomic mass is 16.6. The highest BCUT2D eigenvalue weighted by Gasteiger charge is 2.26. The summed E-state index contributed by atoms with van der Waals surface area (Å²) in [6.45, 7) is 5.20. The summed E-state index contributed by atoms with van der Waals surface area (Å²) in [4.78, 5) is 22.3. The number of rotatable bonds is 3. The molecule has 0 fully saturated rings. The van der Waals surface area contributed by atoms with Crippen LogP contribution in [-0.2, 0) is 4.74 Å². The van der Waals surface area contributed by atoms with Crippen LogP contribution in [0.15, 0.2) is 24.3 Å². The molecule has 1 unspecified atom stereocenters. The van der Waals surface area contributed by atoms with Gasteiger partial charge >= 0.3 is 11.9 Å². The van der Waals surface area contributed by atoms with Crippen LogP contribution < -0.4 is 0 Å². The van der Waals surface area contributed by atoms with E-state index < -0.39 is 23.6 Å². The van der Waals surface area contributed by atoms with Crippen molar-refractivity contribution < 1.29 is 24.5 Å². The number of carbonyl (C=O) groups is 2. The Balaban J connectivity index is 2.76. The van der Waals surface area contributed by atoms with Gasteiger partial charge in [-0.15, -0.1) is 0 Å². The molecule has 0 amide bonds. The van der Waals surface area contributed by atoms with Crippen LogP contribution in [0.4, 0.5) is 0 Å². The van der Waals surface area contributed by atoms with Gasteiger partial charge in [-0.2, -0.15) is 0 Å². The number of hydrogen-bond acceptors (Lipinski definition) is 4. The third kappa shape index (κ3) is 3.56. The van der Waals surface area contributed by atoms with Gasteiger partial charge in [0.2, 0.25) is 6.29 Å². The monoisotopic (exact) mass is 252 g/mol. The largest absolute Gasteiger partial charge is 0.478 e. The minimum absolute atomic E-state index is 0.0860. The van der Waals surface area contributed by atoms with Crippen LogP contribution in [0.1, 0.15) is 41.5 Å². The maximum absolute atomic E-state index is 11.7. The van der Waals surface area contributed by atoms with Gasteiger partial charge in [-0.1, -0.05) is 20.8 Å². The number of aliphatic hydroxyl groups is 1. The fourth-order valence-corrected chi connectivity index (χ4v) is 1.10. The number of carboxylic acids is 1. The van der Waals surface area contributed by atoms with E-state index >= 15 is 0 Å². The minimum atomic E-state index is -1.22. The molecule has 0 aliphatic carbocycles. The van der Waals surface area contributed by atoms with Crippen molar-refractivity contribution in [2.75, 3.05) is 0 Å². The maximum atomic E-state index is 11.7. The van der Waals surface area contributed by atoms with Gasteiger partial charge < -0.3 is 14.9 Å². The molecular formula is C13H16O5. The quantitative estimate of drug-likeness (QED) is 0.634. The number of hydrogen-bond donors (Lipinski definition) is 2. The van der Waals surface area contributed by atoms with Crippen LogP contribution in [0.2, 0.25) is 0 Å². The van der Waals surface area contributed by atoms with Gasteiger partial charge in [0.15, 0.2) is 0 Å². The third-order valence-electron chi connectivity index (χ3n) is 2.33. The van der Waals surface area contributed by atoms with E-state index in [0.717, 1.165) is 0 Å². The number of carboxylic acid groups (broad SMARTS) is 1. The van der Waals surface area contributed by atoms with E-state index in [1.54, 1.807) is 20.8 Å². The van der Waals surface area contributed by atoms with Crippen molar-refractivity contribution in [3.05, 3.63) is 35.4 Å². The van der Waals surface area contributed by atoms with Crippen LogP contribution in [0.25, 0.3) is 0 Å².